The van der Waals surface area contributed by atoms with Crippen LogP contribution in [0.25, 0.3) is 0 Å². The molecule has 0 aromatic rings. The van der Waals surface area contributed by atoms with Crippen LogP contribution in [0.5, 0.6) is 0 Å². The maximum atomic E-state index is 11.2. The van der Waals surface area contributed by atoms with Crippen molar-refractivity contribution in [3.63, 3.8) is 0 Å². The summed E-state index contributed by atoms with van der Waals surface area (Å²) in [6, 6.07) is -0.884. The van der Waals surface area contributed by atoms with Gasteiger partial charge in [0.15, 0.2) is 0 Å². The first-order valence-corrected chi connectivity index (χ1v) is 10.1. The lowest BCUT2D eigenvalue weighted by Gasteiger charge is -2.12. The maximum Gasteiger partial charge on any atom is 0.327 e. The molecule has 1 amide bonds. The molecule has 26 heavy (non-hydrogen) atoms. The summed E-state index contributed by atoms with van der Waals surface area (Å²) in [5.41, 5.74) is 4.09. The topological polar surface area (TPSA) is 66.4 Å². The molecule has 0 fully saturated rings. The Morgan fingerprint density at radius 3 is 2.15 bits per heavy atom. The van der Waals surface area contributed by atoms with Crippen LogP contribution >= 0.6 is 11.8 Å². The summed E-state index contributed by atoms with van der Waals surface area (Å²) in [7, 11) is 0. The highest BCUT2D eigenvalue weighted by Crippen LogP contribution is 2.13. The van der Waals surface area contributed by atoms with Gasteiger partial charge in [-0.15, -0.1) is 0 Å². The van der Waals surface area contributed by atoms with Gasteiger partial charge in [0.1, 0.15) is 6.04 Å². The third kappa shape index (κ3) is 13.5. The van der Waals surface area contributed by atoms with Crippen LogP contribution in [0.4, 0.5) is 0 Å². The predicted octanol–water partition coefficient (Wildman–Crippen LogP) is 4.89. The van der Waals surface area contributed by atoms with Gasteiger partial charge in [-0.1, -0.05) is 41.5 Å². The van der Waals surface area contributed by atoms with Crippen molar-refractivity contribution < 1.29 is 14.7 Å². The fraction of sp³-hybridized carbons (Fsp3) is 0.524. The van der Waals surface area contributed by atoms with Crippen molar-refractivity contribution in [2.45, 2.75) is 59.4 Å². The van der Waals surface area contributed by atoms with E-state index in [1.54, 1.807) is 0 Å². The van der Waals surface area contributed by atoms with E-state index in [1.165, 1.54) is 28.5 Å². The van der Waals surface area contributed by atoms with Gasteiger partial charge >= 0.3 is 5.97 Å². The Labute approximate surface area is 162 Å². The number of carbonyl (C=O) groups excluding carboxylic acids is 1. The summed E-state index contributed by atoms with van der Waals surface area (Å²) in [6.45, 7) is 11.8. The Morgan fingerprint density at radius 1 is 1.04 bits per heavy atom. The lowest BCUT2D eigenvalue weighted by Crippen LogP contribution is -2.41. The lowest BCUT2D eigenvalue weighted by molar-refractivity contribution is -0.140. The Balaban J connectivity index is 4.13. The molecule has 0 saturated heterocycles. The van der Waals surface area contributed by atoms with Crippen LogP contribution in [0, 0.1) is 0 Å². The molecule has 4 nitrogen and oxygen atoms in total. The highest BCUT2D eigenvalue weighted by molar-refractivity contribution is 7.99. The highest BCUT2D eigenvalue weighted by atomic mass is 32.2. The second-order valence-electron chi connectivity index (χ2n) is 6.60. The van der Waals surface area contributed by atoms with Crippen molar-refractivity contribution in [1.82, 2.24) is 5.32 Å². The van der Waals surface area contributed by atoms with Crippen molar-refractivity contribution in [3.8, 4) is 0 Å². The second kappa shape index (κ2) is 14.4. The molecule has 0 heterocycles. The summed E-state index contributed by atoms with van der Waals surface area (Å²) in [6.07, 6.45) is 12.0. The van der Waals surface area contributed by atoms with Crippen molar-refractivity contribution >= 4 is 23.6 Å². The van der Waals surface area contributed by atoms with E-state index < -0.39 is 17.9 Å². The van der Waals surface area contributed by atoms with Gasteiger partial charge in [-0.25, -0.2) is 4.79 Å². The van der Waals surface area contributed by atoms with E-state index in [4.69, 9.17) is 5.11 Å². The molecule has 0 aliphatic carbocycles. The number of carboxylic acids is 1. The lowest BCUT2D eigenvalue weighted by atomic mass is 10.1. The number of allylic oxidation sites excluding steroid dienone is 5. The highest BCUT2D eigenvalue weighted by Gasteiger charge is 2.18. The van der Waals surface area contributed by atoms with Crippen LogP contribution in [0.15, 0.2) is 47.6 Å². The van der Waals surface area contributed by atoms with Crippen LogP contribution in [0.3, 0.4) is 0 Å². The minimum Gasteiger partial charge on any atom is -0.480 e. The first kappa shape index (κ1) is 24.2. The van der Waals surface area contributed by atoms with Gasteiger partial charge in [0.25, 0.3) is 0 Å². The molecule has 0 spiro atoms. The maximum absolute atomic E-state index is 11.2. The van der Waals surface area contributed by atoms with Gasteiger partial charge in [0.2, 0.25) is 5.91 Å². The fourth-order valence-electron chi connectivity index (χ4n) is 2.13. The van der Waals surface area contributed by atoms with E-state index in [1.807, 2.05) is 0 Å². The number of hydrogen-bond donors (Lipinski definition) is 2. The van der Waals surface area contributed by atoms with Gasteiger partial charge in [-0.3, -0.25) is 4.79 Å². The summed E-state index contributed by atoms with van der Waals surface area (Å²) >= 11 is 1.50. The summed E-state index contributed by atoms with van der Waals surface area (Å²) in [5.74, 6) is -0.413. The molecule has 0 aromatic carbocycles. The van der Waals surface area contributed by atoms with Crippen LogP contribution in [0.1, 0.15) is 53.4 Å². The SMILES string of the molecule is C=CC(=O)NC(CSCC=C(C)CCC=C(C)CCC=C(C)C)C(=O)O. The third-order valence-electron chi connectivity index (χ3n) is 3.76. The molecule has 0 saturated carbocycles. The standard InChI is InChI=1S/C21H33NO3S/c1-6-20(23)22-19(21(24)25)15-26-14-13-18(5)12-8-11-17(4)10-7-9-16(2)3/h6,9,11,13,19H,1,7-8,10,12,14-15H2,2-5H3,(H,22,23)(H,24,25). The van der Waals surface area contributed by atoms with Gasteiger partial charge in [0.05, 0.1) is 0 Å². The predicted molar refractivity (Wildman–Crippen MR) is 113 cm³/mol. The largest absolute Gasteiger partial charge is 0.480 e. The molecule has 1 unspecified atom stereocenters. The van der Waals surface area contributed by atoms with E-state index in [0.29, 0.717) is 5.75 Å². The Morgan fingerprint density at radius 2 is 1.62 bits per heavy atom. The summed E-state index contributed by atoms with van der Waals surface area (Å²) in [5, 5.41) is 11.5. The molecular weight excluding hydrogens is 346 g/mol. The van der Waals surface area contributed by atoms with E-state index in [0.717, 1.165) is 37.5 Å². The van der Waals surface area contributed by atoms with Gasteiger partial charge < -0.3 is 10.4 Å². The summed E-state index contributed by atoms with van der Waals surface area (Å²) < 4.78 is 0. The first-order valence-electron chi connectivity index (χ1n) is 8.94. The molecule has 0 rings (SSSR count). The number of carboxylic acid groups (broad SMARTS) is 1. The Hall–Kier alpha value is -1.75. The molecular formula is C21H33NO3S. The van der Waals surface area contributed by atoms with Crippen molar-refractivity contribution in [3.05, 3.63) is 47.6 Å². The summed E-state index contributed by atoms with van der Waals surface area (Å²) in [4.78, 5) is 22.3. The quantitative estimate of drug-likeness (QED) is 0.271. The van der Waals surface area contributed by atoms with Crippen molar-refractivity contribution in [2.24, 2.45) is 0 Å². The fourth-order valence-corrected chi connectivity index (χ4v) is 3.13. The minimum atomic E-state index is -1.03. The van der Waals surface area contributed by atoms with Gasteiger partial charge in [0, 0.05) is 11.5 Å². The number of amides is 1. The Kier molecular flexibility index (Phi) is 13.5. The minimum absolute atomic E-state index is 0.335. The molecule has 5 heteroatoms. The van der Waals surface area contributed by atoms with Crippen LogP contribution in [0.2, 0.25) is 0 Å². The van der Waals surface area contributed by atoms with Crippen molar-refractivity contribution in [2.75, 3.05) is 11.5 Å². The number of carbonyl (C=O) groups is 2. The number of nitrogens with one attached hydrogen (secondary N) is 1. The van der Waals surface area contributed by atoms with Crippen LogP contribution < -0.4 is 5.32 Å². The van der Waals surface area contributed by atoms with Crippen molar-refractivity contribution in [1.29, 1.82) is 0 Å². The average Bonchev–Trinajstić information content (AvgIpc) is 2.56. The third-order valence-corrected chi connectivity index (χ3v) is 4.73. The zero-order valence-corrected chi connectivity index (χ0v) is 17.3. The molecule has 0 aliphatic rings. The molecule has 0 radical (unpaired) electrons. The van der Waals surface area contributed by atoms with E-state index >= 15 is 0 Å². The van der Waals surface area contributed by atoms with E-state index in [2.05, 4.69) is 57.8 Å². The van der Waals surface area contributed by atoms with Crippen LogP contribution in [-0.4, -0.2) is 34.5 Å². The van der Waals surface area contributed by atoms with Gasteiger partial charge in [-0.05, 0) is 59.5 Å². The van der Waals surface area contributed by atoms with Gasteiger partial charge in [-0.2, -0.15) is 11.8 Å². The Bertz CT molecular complexity index is 558. The van der Waals surface area contributed by atoms with Crippen LogP contribution in [-0.2, 0) is 9.59 Å². The molecule has 2 N–H and O–H groups in total. The monoisotopic (exact) mass is 379 g/mol. The molecule has 0 aliphatic heterocycles. The first-order chi connectivity index (χ1) is 12.3. The zero-order chi connectivity index (χ0) is 19.9. The molecule has 0 aromatic heterocycles. The number of aliphatic carboxylic acids is 1. The average molecular weight is 380 g/mol. The molecule has 0 bridgehead atoms. The second-order valence-corrected chi connectivity index (χ2v) is 7.68. The molecule has 1 atom stereocenters. The number of rotatable bonds is 13. The zero-order valence-electron chi connectivity index (χ0n) is 16.5. The van der Waals surface area contributed by atoms with E-state index in [9.17, 15) is 9.59 Å². The number of thioether (sulfide) groups is 1. The molecule has 146 valence electrons. The van der Waals surface area contributed by atoms with E-state index in [-0.39, 0.29) is 0 Å². The number of hydrogen-bond acceptors (Lipinski definition) is 3. The normalized spacial score (nSPS) is 13.1. The smallest absolute Gasteiger partial charge is 0.327 e.